The Hall–Kier alpha value is 0.0700. The molecule has 0 aromatic rings. The smallest absolute Gasteiger partial charge is 0.0598 e. The van der Waals surface area contributed by atoms with Crippen LogP contribution in [0.4, 0.5) is 0 Å². The van der Waals surface area contributed by atoms with Gasteiger partial charge in [0.15, 0.2) is 0 Å². The van der Waals surface area contributed by atoms with Crippen molar-refractivity contribution < 1.29 is 8.95 Å². The van der Waals surface area contributed by atoms with Crippen molar-refractivity contribution in [1.29, 1.82) is 0 Å². The lowest BCUT2D eigenvalue weighted by molar-refractivity contribution is 0.00668. The highest BCUT2D eigenvalue weighted by Gasteiger charge is 2.16. The maximum Gasteiger partial charge on any atom is 0.0598 e. The van der Waals surface area contributed by atoms with E-state index in [0.717, 1.165) is 0 Å². The number of hydrogen-bond acceptors (Lipinski definition) is 3. The van der Waals surface area contributed by atoms with E-state index in [4.69, 9.17) is 10.5 Å². The van der Waals surface area contributed by atoms with Crippen LogP contribution in [0.15, 0.2) is 0 Å². The molecule has 0 saturated heterocycles. The van der Waals surface area contributed by atoms with E-state index in [1.807, 2.05) is 34.6 Å². The minimum atomic E-state index is -0.874. The predicted molar refractivity (Wildman–Crippen MR) is 61.8 cm³/mol. The second-order valence-corrected chi connectivity index (χ2v) is 6.81. The van der Waals surface area contributed by atoms with E-state index in [1.165, 1.54) is 0 Å². The minimum absolute atomic E-state index is 0.150. The van der Waals surface area contributed by atoms with Crippen LogP contribution in [0, 0.1) is 0 Å². The standard InChI is InChI=1S/C10H23NO2S/c1-9(2,3)13-6-7-14(12)8-10(4,5)11/h6-8,11H2,1-5H3. The summed E-state index contributed by atoms with van der Waals surface area (Å²) in [6.07, 6.45) is 0. The molecule has 0 bridgehead atoms. The summed E-state index contributed by atoms with van der Waals surface area (Å²) in [4.78, 5) is 0. The van der Waals surface area contributed by atoms with Crippen molar-refractivity contribution in [3.05, 3.63) is 0 Å². The fourth-order valence-corrected chi connectivity index (χ4v) is 2.17. The fraction of sp³-hybridized carbons (Fsp3) is 1.00. The predicted octanol–water partition coefficient (Wildman–Crippen LogP) is 1.29. The number of rotatable bonds is 5. The first-order valence-corrected chi connectivity index (χ1v) is 6.37. The molecule has 4 heteroatoms. The average Bonchev–Trinajstić information content (AvgIpc) is 1.78. The third kappa shape index (κ3) is 10.2. The van der Waals surface area contributed by atoms with Crippen LogP contribution in [0.1, 0.15) is 34.6 Å². The SMILES string of the molecule is CC(C)(N)CS(=O)CCOC(C)(C)C. The van der Waals surface area contributed by atoms with Crippen molar-refractivity contribution >= 4 is 10.8 Å². The summed E-state index contributed by atoms with van der Waals surface area (Å²) < 4.78 is 17.0. The highest BCUT2D eigenvalue weighted by Crippen LogP contribution is 2.07. The summed E-state index contributed by atoms with van der Waals surface area (Å²) in [7, 11) is -0.874. The van der Waals surface area contributed by atoms with E-state index in [-0.39, 0.29) is 11.1 Å². The van der Waals surface area contributed by atoms with Gasteiger partial charge < -0.3 is 10.5 Å². The summed E-state index contributed by atoms with van der Waals surface area (Å²) in [6.45, 7) is 10.3. The van der Waals surface area contributed by atoms with Crippen LogP contribution in [-0.2, 0) is 15.5 Å². The molecule has 0 fully saturated rings. The number of nitrogens with two attached hydrogens (primary N) is 1. The van der Waals surface area contributed by atoms with Gasteiger partial charge in [0.05, 0.1) is 12.2 Å². The quantitative estimate of drug-likeness (QED) is 0.761. The summed E-state index contributed by atoms with van der Waals surface area (Å²) in [5.74, 6) is 1.10. The molecule has 3 nitrogen and oxygen atoms in total. The maximum atomic E-state index is 11.5. The van der Waals surface area contributed by atoms with Crippen molar-refractivity contribution in [3.63, 3.8) is 0 Å². The van der Waals surface area contributed by atoms with Crippen LogP contribution in [0.2, 0.25) is 0 Å². The Kier molecular flexibility index (Phi) is 5.26. The molecule has 2 N–H and O–H groups in total. The Morgan fingerprint density at radius 3 is 2.07 bits per heavy atom. The molecular formula is C10H23NO2S. The first kappa shape index (κ1) is 14.1. The molecule has 1 atom stereocenters. The van der Waals surface area contributed by atoms with Gasteiger partial charge in [0.25, 0.3) is 0 Å². The van der Waals surface area contributed by atoms with Crippen LogP contribution in [-0.4, -0.2) is 33.5 Å². The normalized spacial score (nSPS) is 15.6. The first-order valence-electron chi connectivity index (χ1n) is 4.88. The molecule has 0 rings (SSSR count). The molecule has 1 unspecified atom stereocenters. The van der Waals surface area contributed by atoms with Crippen LogP contribution in [0.3, 0.4) is 0 Å². The Bertz CT molecular complexity index is 191. The van der Waals surface area contributed by atoms with Crippen molar-refractivity contribution in [2.24, 2.45) is 5.73 Å². The van der Waals surface area contributed by atoms with Crippen molar-refractivity contribution in [2.75, 3.05) is 18.1 Å². The zero-order valence-corrected chi connectivity index (χ0v) is 10.7. The molecule has 0 heterocycles. The minimum Gasteiger partial charge on any atom is -0.375 e. The van der Waals surface area contributed by atoms with Crippen molar-refractivity contribution in [3.8, 4) is 0 Å². The molecule has 0 aliphatic rings. The lowest BCUT2D eigenvalue weighted by Crippen LogP contribution is -2.39. The molecule has 0 aliphatic carbocycles. The molecule has 0 aliphatic heterocycles. The first-order chi connectivity index (χ1) is 6.10. The van der Waals surface area contributed by atoms with E-state index in [2.05, 4.69) is 0 Å². The monoisotopic (exact) mass is 221 g/mol. The van der Waals surface area contributed by atoms with E-state index in [9.17, 15) is 4.21 Å². The largest absolute Gasteiger partial charge is 0.375 e. The van der Waals surface area contributed by atoms with Gasteiger partial charge >= 0.3 is 0 Å². The topological polar surface area (TPSA) is 52.3 Å². The maximum absolute atomic E-state index is 11.5. The Morgan fingerprint density at radius 1 is 1.21 bits per heavy atom. The Morgan fingerprint density at radius 2 is 1.71 bits per heavy atom. The summed E-state index contributed by atoms with van der Waals surface area (Å²) in [5.41, 5.74) is 5.26. The molecule has 0 amide bonds. The number of ether oxygens (including phenoxy) is 1. The van der Waals surface area contributed by atoms with E-state index in [1.54, 1.807) is 0 Å². The van der Waals surface area contributed by atoms with Gasteiger partial charge in [0.1, 0.15) is 0 Å². The van der Waals surface area contributed by atoms with Crippen LogP contribution in [0.25, 0.3) is 0 Å². The average molecular weight is 221 g/mol. The van der Waals surface area contributed by atoms with Crippen molar-refractivity contribution in [1.82, 2.24) is 0 Å². The van der Waals surface area contributed by atoms with Crippen LogP contribution in [0.5, 0.6) is 0 Å². The molecule has 0 radical (unpaired) electrons. The van der Waals surface area contributed by atoms with Gasteiger partial charge in [0.2, 0.25) is 0 Å². The van der Waals surface area contributed by atoms with Crippen molar-refractivity contribution in [2.45, 2.75) is 45.8 Å². The van der Waals surface area contributed by atoms with Gasteiger partial charge in [0, 0.05) is 27.8 Å². The highest BCUT2D eigenvalue weighted by molar-refractivity contribution is 7.85. The Labute approximate surface area is 89.9 Å². The zero-order valence-electron chi connectivity index (χ0n) is 9.92. The third-order valence-electron chi connectivity index (χ3n) is 1.38. The van der Waals surface area contributed by atoms with E-state index in [0.29, 0.717) is 18.1 Å². The van der Waals surface area contributed by atoms with E-state index >= 15 is 0 Å². The van der Waals surface area contributed by atoms with Gasteiger partial charge in [-0.3, -0.25) is 4.21 Å². The van der Waals surface area contributed by atoms with Gasteiger partial charge in [-0.15, -0.1) is 0 Å². The zero-order chi connectivity index (χ0) is 11.4. The van der Waals surface area contributed by atoms with Crippen LogP contribution < -0.4 is 5.73 Å². The van der Waals surface area contributed by atoms with Gasteiger partial charge in [-0.1, -0.05) is 0 Å². The Balaban J connectivity index is 3.66. The summed E-state index contributed by atoms with van der Waals surface area (Å²) in [6, 6.07) is 0. The summed E-state index contributed by atoms with van der Waals surface area (Å²) in [5, 5.41) is 0. The number of hydrogen-bond donors (Lipinski definition) is 1. The van der Waals surface area contributed by atoms with Crippen LogP contribution >= 0.6 is 0 Å². The second-order valence-electron chi connectivity index (χ2n) is 5.24. The lowest BCUT2D eigenvalue weighted by atomic mass is 10.1. The molecule has 0 saturated carbocycles. The summed E-state index contributed by atoms with van der Waals surface area (Å²) >= 11 is 0. The van der Waals surface area contributed by atoms with Gasteiger partial charge in [-0.2, -0.15) is 0 Å². The lowest BCUT2D eigenvalue weighted by Gasteiger charge is -2.21. The molecule has 86 valence electrons. The second kappa shape index (κ2) is 5.24. The molecule has 0 aromatic carbocycles. The van der Waals surface area contributed by atoms with Gasteiger partial charge in [-0.05, 0) is 34.6 Å². The third-order valence-corrected chi connectivity index (χ3v) is 3.07. The molecule has 14 heavy (non-hydrogen) atoms. The van der Waals surface area contributed by atoms with E-state index < -0.39 is 10.8 Å². The molecule has 0 spiro atoms. The molecule has 0 aromatic heterocycles. The fourth-order valence-electron chi connectivity index (χ4n) is 0.928. The molecular weight excluding hydrogens is 198 g/mol. The van der Waals surface area contributed by atoms with Gasteiger partial charge in [-0.25, -0.2) is 0 Å². The highest BCUT2D eigenvalue weighted by atomic mass is 32.2.